The molecule has 4 rings (SSSR count). The first kappa shape index (κ1) is 16.4. The lowest BCUT2D eigenvalue weighted by Crippen LogP contribution is -2.49. The van der Waals surface area contributed by atoms with Crippen molar-refractivity contribution in [2.75, 3.05) is 26.2 Å². The topological polar surface area (TPSA) is 78.5 Å². The van der Waals surface area contributed by atoms with Crippen LogP contribution in [-0.4, -0.2) is 63.8 Å². The van der Waals surface area contributed by atoms with E-state index in [4.69, 9.17) is 4.74 Å². The Morgan fingerprint density at radius 1 is 1.40 bits per heavy atom. The largest absolute Gasteiger partial charge is 0.441 e. The molecule has 2 aliphatic heterocycles. The van der Waals surface area contributed by atoms with E-state index in [-0.39, 0.29) is 12.0 Å². The molecule has 0 bridgehead atoms. The highest BCUT2D eigenvalue weighted by Crippen LogP contribution is 2.34. The number of fused-ring (bicyclic) bond motifs is 1. The molecule has 1 aliphatic carbocycles. The van der Waals surface area contributed by atoms with E-state index < -0.39 is 5.60 Å². The molecule has 1 N–H and O–H groups in total. The molecule has 3 heterocycles. The number of aromatic nitrogens is 2. The third kappa shape index (κ3) is 2.79. The fourth-order valence-electron chi connectivity index (χ4n) is 4.31. The Hall–Kier alpha value is -2.05. The summed E-state index contributed by atoms with van der Waals surface area (Å²) in [7, 11) is 0. The zero-order valence-electron chi connectivity index (χ0n) is 15.0. The molecule has 1 aromatic rings. The second-order valence-electron chi connectivity index (χ2n) is 7.73. The predicted molar refractivity (Wildman–Crippen MR) is 91.4 cm³/mol. The van der Waals surface area contributed by atoms with Gasteiger partial charge in [-0.15, -0.1) is 0 Å². The third-order valence-corrected chi connectivity index (χ3v) is 5.98. The Bertz CT molecular complexity index is 690. The number of nitrogens with zero attached hydrogens (tertiary/aromatic N) is 3. The normalized spacial score (nSPS) is 25.2. The maximum Gasteiger partial charge on any atom is 0.410 e. The third-order valence-electron chi connectivity index (χ3n) is 5.98. The van der Waals surface area contributed by atoms with Gasteiger partial charge in [-0.3, -0.25) is 9.89 Å². The summed E-state index contributed by atoms with van der Waals surface area (Å²) in [5, 5.41) is 7.39. The number of ether oxygens (including phenoxy) is 1. The zero-order valence-corrected chi connectivity index (χ0v) is 15.0. The molecular formula is C18H26N4O3. The molecule has 2 amide bonds. The Morgan fingerprint density at radius 3 is 2.84 bits per heavy atom. The van der Waals surface area contributed by atoms with E-state index in [0.717, 1.165) is 30.5 Å². The number of carbonyl (C=O) groups is 2. The number of carbonyl (C=O) groups excluding carboxylic acids is 2. The van der Waals surface area contributed by atoms with Crippen molar-refractivity contribution in [1.82, 2.24) is 20.0 Å². The fourth-order valence-corrected chi connectivity index (χ4v) is 4.31. The number of aryl methyl sites for hydroxylation is 1. The van der Waals surface area contributed by atoms with E-state index in [0.29, 0.717) is 50.6 Å². The van der Waals surface area contributed by atoms with Gasteiger partial charge in [-0.25, -0.2) is 4.79 Å². The quantitative estimate of drug-likeness (QED) is 0.888. The lowest BCUT2D eigenvalue weighted by Gasteiger charge is -2.37. The molecule has 1 atom stereocenters. The van der Waals surface area contributed by atoms with E-state index in [1.165, 1.54) is 0 Å². The summed E-state index contributed by atoms with van der Waals surface area (Å²) in [6.07, 6.45) is 4.22. The van der Waals surface area contributed by atoms with Crippen LogP contribution in [0.3, 0.4) is 0 Å². The average Bonchev–Trinajstić information content (AvgIpc) is 3.15. The van der Waals surface area contributed by atoms with Crippen LogP contribution in [0.2, 0.25) is 0 Å². The van der Waals surface area contributed by atoms with E-state index in [1.807, 2.05) is 11.8 Å². The number of H-pyrrole nitrogens is 1. The smallest absolute Gasteiger partial charge is 0.410 e. The van der Waals surface area contributed by atoms with Crippen molar-refractivity contribution in [3.63, 3.8) is 0 Å². The summed E-state index contributed by atoms with van der Waals surface area (Å²) in [6.45, 7) is 6.71. The number of piperidine rings is 1. The van der Waals surface area contributed by atoms with Gasteiger partial charge in [-0.05, 0) is 32.1 Å². The van der Waals surface area contributed by atoms with Gasteiger partial charge in [0.2, 0.25) is 0 Å². The molecule has 0 aromatic carbocycles. The second-order valence-corrected chi connectivity index (χ2v) is 7.73. The van der Waals surface area contributed by atoms with Gasteiger partial charge in [0.1, 0.15) is 5.60 Å². The number of amides is 2. The summed E-state index contributed by atoms with van der Waals surface area (Å²) in [5.41, 5.74) is 2.41. The number of likely N-dealkylation sites (N-methyl/N-ethyl adjacent to an activating group) is 1. The maximum atomic E-state index is 13.0. The first-order valence-electron chi connectivity index (χ1n) is 9.34. The molecular weight excluding hydrogens is 320 g/mol. The average molecular weight is 346 g/mol. The Morgan fingerprint density at radius 2 is 2.16 bits per heavy atom. The summed E-state index contributed by atoms with van der Waals surface area (Å²) >= 11 is 0. The minimum absolute atomic E-state index is 0.0121. The molecule has 7 heteroatoms. The number of hydrogen-bond donors (Lipinski definition) is 1. The van der Waals surface area contributed by atoms with Crippen LogP contribution < -0.4 is 0 Å². The molecule has 1 aromatic heterocycles. The zero-order chi connectivity index (χ0) is 17.6. The Balaban J connectivity index is 1.44. The highest BCUT2D eigenvalue weighted by atomic mass is 16.6. The van der Waals surface area contributed by atoms with Crippen LogP contribution in [0, 0.1) is 5.92 Å². The highest BCUT2D eigenvalue weighted by molar-refractivity contribution is 5.94. The molecule has 1 spiro atoms. The summed E-state index contributed by atoms with van der Waals surface area (Å²) in [5.74, 6) is 0.609. The number of rotatable bonds is 2. The van der Waals surface area contributed by atoms with Gasteiger partial charge in [0.15, 0.2) is 5.69 Å². The lowest BCUT2D eigenvalue weighted by molar-refractivity contribution is 0.00294. The molecule has 3 aliphatic rings. The molecule has 25 heavy (non-hydrogen) atoms. The van der Waals surface area contributed by atoms with E-state index >= 15 is 0 Å². The minimum atomic E-state index is -0.413. The van der Waals surface area contributed by atoms with Crippen molar-refractivity contribution in [3.05, 3.63) is 17.0 Å². The summed E-state index contributed by atoms with van der Waals surface area (Å²) < 4.78 is 5.64. The molecule has 136 valence electrons. The molecule has 0 radical (unpaired) electrons. The van der Waals surface area contributed by atoms with Crippen LogP contribution in [0.5, 0.6) is 0 Å². The number of likely N-dealkylation sites (tertiary alicyclic amines) is 1. The van der Waals surface area contributed by atoms with Crippen LogP contribution in [0.25, 0.3) is 0 Å². The molecule has 2 fully saturated rings. The van der Waals surface area contributed by atoms with E-state index in [1.54, 1.807) is 4.90 Å². The monoisotopic (exact) mass is 346 g/mol. The molecule has 2 saturated heterocycles. The Labute approximate surface area is 147 Å². The maximum absolute atomic E-state index is 13.0. The van der Waals surface area contributed by atoms with Crippen LogP contribution in [0.1, 0.15) is 54.9 Å². The second kappa shape index (κ2) is 6.04. The minimum Gasteiger partial charge on any atom is -0.441 e. The Kier molecular flexibility index (Phi) is 3.96. The standard InChI is InChI=1S/C18H26N4O3/c1-3-21-11-18(25-17(21)24)6-8-22(9-7-18)16(23)15-13-10-12(2)4-5-14(13)19-20-15/h12H,3-11H2,1-2H3,(H,19,20). The highest BCUT2D eigenvalue weighted by Gasteiger charge is 2.47. The van der Waals surface area contributed by atoms with Crippen molar-refractivity contribution < 1.29 is 14.3 Å². The van der Waals surface area contributed by atoms with Gasteiger partial charge in [-0.2, -0.15) is 5.10 Å². The van der Waals surface area contributed by atoms with Crippen LogP contribution >= 0.6 is 0 Å². The van der Waals surface area contributed by atoms with Crippen LogP contribution in [0.15, 0.2) is 0 Å². The summed E-state index contributed by atoms with van der Waals surface area (Å²) in [6, 6.07) is 0. The van der Waals surface area contributed by atoms with Crippen molar-refractivity contribution >= 4 is 12.0 Å². The predicted octanol–water partition coefficient (Wildman–Crippen LogP) is 1.98. The van der Waals surface area contributed by atoms with Crippen molar-refractivity contribution in [1.29, 1.82) is 0 Å². The first-order chi connectivity index (χ1) is 12.0. The van der Waals surface area contributed by atoms with Gasteiger partial charge in [-0.1, -0.05) is 6.92 Å². The van der Waals surface area contributed by atoms with E-state index in [9.17, 15) is 9.59 Å². The van der Waals surface area contributed by atoms with Gasteiger partial charge in [0.05, 0.1) is 6.54 Å². The number of nitrogens with one attached hydrogen (secondary N) is 1. The van der Waals surface area contributed by atoms with Crippen LogP contribution in [-0.2, 0) is 17.6 Å². The molecule has 7 nitrogen and oxygen atoms in total. The first-order valence-corrected chi connectivity index (χ1v) is 9.34. The number of aromatic amines is 1. The van der Waals surface area contributed by atoms with Gasteiger partial charge in [0.25, 0.3) is 5.91 Å². The van der Waals surface area contributed by atoms with Crippen molar-refractivity contribution in [2.45, 2.75) is 51.6 Å². The molecule has 0 saturated carbocycles. The summed E-state index contributed by atoms with van der Waals surface area (Å²) in [4.78, 5) is 28.4. The van der Waals surface area contributed by atoms with Crippen molar-refractivity contribution in [3.8, 4) is 0 Å². The van der Waals surface area contributed by atoms with E-state index in [2.05, 4.69) is 17.1 Å². The SMILES string of the molecule is CCN1CC2(CCN(C(=O)c3n[nH]c4c3CC(C)CC4)CC2)OC1=O. The lowest BCUT2D eigenvalue weighted by atomic mass is 9.87. The number of hydrogen-bond acceptors (Lipinski definition) is 4. The molecule has 1 unspecified atom stereocenters. The van der Waals surface area contributed by atoms with Gasteiger partial charge >= 0.3 is 6.09 Å². The fraction of sp³-hybridized carbons (Fsp3) is 0.722. The van der Waals surface area contributed by atoms with Gasteiger partial charge < -0.3 is 14.5 Å². The van der Waals surface area contributed by atoms with Crippen molar-refractivity contribution in [2.24, 2.45) is 5.92 Å². The van der Waals surface area contributed by atoms with Crippen LogP contribution in [0.4, 0.5) is 4.79 Å². The van der Waals surface area contributed by atoms with Gasteiger partial charge in [0, 0.05) is 43.7 Å².